The Morgan fingerprint density at radius 2 is 2.00 bits per heavy atom. The number of benzene rings is 1. The van der Waals surface area contributed by atoms with Crippen molar-refractivity contribution in [3.05, 3.63) is 28.9 Å². The van der Waals surface area contributed by atoms with Gasteiger partial charge in [-0.3, -0.25) is 0 Å². The van der Waals surface area contributed by atoms with Crippen LogP contribution in [0.3, 0.4) is 0 Å². The van der Waals surface area contributed by atoms with Crippen molar-refractivity contribution in [3.63, 3.8) is 0 Å². The molecule has 8 heteroatoms. The minimum Gasteiger partial charge on any atom is -0.496 e. The molecule has 0 spiro atoms. The van der Waals surface area contributed by atoms with Crippen LogP contribution in [0.15, 0.2) is 23.1 Å². The van der Waals surface area contributed by atoms with E-state index in [1.54, 1.807) is 21.0 Å². The molecule has 4 rings (SSSR count). The third-order valence-electron chi connectivity index (χ3n) is 5.64. The van der Waals surface area contributed by atoms with Gasteiger partial charge in [0.2, 0.25) is 4.96 Å². The van der Waals surface area contributed by atoms with E-state index in [2.05, 4.69) is 16.1 Å². The second kappa shape index (κ2) is 7.82. The van der Waals surface area contributed by atoms with Crippen molar-refractivity contribution >= 4 is 28.1 Å². The number of thioether (sulfide) groups is 1. The molecular formula is C22H29N3O3S2. The van der Waals surface area contributed by atoms with E-state index in [4.69, 9.17) is 4.74 Å². The van der Waals surface area contributed by atoms with Crippen molar-refractivity contribution in [2.45, 2.75) is 74.7 Å². The molecule has 0 radical (unpaired) electrons. The first kappa shape index (κ1) is 21.6. The molecule has 2 aromatic heterocycles. The number of nitrogens with zero attached hydrogens (tertiary/aromatic N) is 3. The molecular weight excluding hydrogens is 418 g/mol. The molecule has 162 valence electrons. The van der Waals surface area contributed by atoms with Crippen LogP contribution >= 0.6 is 23.1 Å². The molecule has 1 aliphatic carbocycles. The van der Waals surface area contributed by atoms with Crippen LogP contribution in [0.4, 0.5) is 0 Å². The molecule has 2 heterocycles. The van der Waals surface area contributed by atoms with Crippen LogP contribution in [0.25, 0.3) is 16.2 Å². The first-order valence-corrected chi connectivity index (χ1v) is 11.9. The van der Waals surface area contributed by atoms with E-state index in [9.17, 15) is 10.2 Å². The van der Waals surface area contributed by atoms with Crippen molar-refractivity contribution < 1.29 is 14.9 Å². The van der Waals surface area contributed by atoms with E-state index >= 15 is 0 Å². The SMILES string of the molecule is COc1ccc(-c2c(C)nc3sc(C(C)(C)O)nn23)cc1S[C@H]1CC[C@@](C)(O)CC1. The number of imidazole rings is 1. The first-order chi connectivity index (χ1) is 14.1. The Balaban J connectivity index is 1.69. The summed E-state index contributed by atoms with van der Waals surface area (Å²) >= 11 is 3.24. The Morgan fingerprint density at radius 3 is 2.63 bits per heavy atom. The lowest BCUT2D eigenvalue weighted by Gasteiger charge is -2.32. The highest BCUT2D eigenvalue weighted by atomic mass is 32.2. The summed E-state index contributed by atoms with van der Waals surface area (Å²) in [4.78, 5) is 6.54. The zero-order chi connectivity index (χ0) is 21.7. The number of hydrogen-bond donors (Lipinski definition) is 2. The molecule has 0 amide bonds. The minimum absolute atomic E-state index is 0.460. The first-order valence-electron chi connectivity index (χ1n) is 10.2. The summed E-state index contributed by atoms with van der Waals surface area (Å²) in [5.74, 6) is 0.856. The lowest BCUT2D eigenvalue weighted by atomic mass is 9.86. The molecule has 0 saturated heterocycles. The van der Waals surface area contributed by atoms with Gasteiger partial charge < -0.3 is 14.9 Å². The van der Waals surface area contributed by atoms with Crippen molar-refractivity contribution in [1.29, 1.82) is 0 Å². The summed E-state index contributed by atoms with van der Waals surface area (Å²) in [5.41, 5.74) is 1.34. The fourth-order valence-electron chi connectivity index (χ4n) is 3.85. The van der Waals surface area contributed by atoms with Crippen LogP contribution < -0.4 is 4.74 Å². The quantitative estimate of drug-likeness (QED) is 0.585. The van der Waals surface area contributed by atoms with E-state index < -0.39 is 11.2 Å². The number of aromatic nitrogens is 3. The van der Waals surface area contributed by atoms with E-state index in [1.165, 1.54) is 11.3 Å². The second-order valence-corrected chi connectivity index (χ2v) is 11.2. The Morgan fingerprint density at radius 1 is 1.30 bits per heavy atom. The summed E-state index contributed by atoms with van der Waals surface area (Å²) in [6, 6.07) is 6.18. The largest absolute Gasteiger partial charge is 0.496 e. The summed E-state index contributed by atoms with van der Waals surface area (Å²) < 4.78 is 7.46. The molecule has 1 fully saturated rings. The summed E-state index contributed by atoms with van der Waals surface area (Å²) in [6.07, 6.45) is 3.63. The van der Waals surface area contributed by atoms with Crippen LogP contribution in [0.5, 0.6) is 5.75 Å². The fourth-order valence-corrected chi connectivity index (χ4v) is 6.09. The monoisotopic (exact) mass is 447 g/mol. The van der Waals surface area contributed by atoms with Crippen molar-refractivity contribution in [2.75, 3.05) is 7.11 Å². The van der Waals surface area contributed by atoms with Crippen LogP contribution in [0.1, 0.15) is 57.2 Å². The fraction of sp³-hybridized carbons (Fsp3) is 0.545. The topological polar surface area (TPSA) is 79.9 Å². The predicted octanol–water partition coefficient (Wildman–Crippen LogP) is 4.79. The van der Waals surface area contributed by atoms with Gasteiger partial charge in [0, 0.05) is 10.8 Å². The maximum absolute atomic E-state index is 10.3. The standard InChI is InChI=1S/C22H29N3O3S2/c1-13-18(25-20(23-13)30-19(24-25)21(2,3)26)14-6-7-16(28-5)17(12-14)29-15-8-10-22(4,27)11-9-15/h6-7,12,15,26-27H,8-11H2,1-5H3/t15-,22+. The van der Waals surface area contributed by atoms with Crippen molar-refractivity contribution in [3.8, 4) is 17.0 Å². The summed E-state index contributed by atoms with van der Waals surface area (Å²) in [7, 11) is 1.70. The Bertz CT molecular complexity index is 1060. The van der Waals surface area contributed by atoms with Gasteiger partial charge in [0.25, 0.3) is 0 Å². The average molecular weight is 448 g/mol. The Labute approximate surface area is 185 Å². The summed E-state index contributed by atoms with van der Waals surface area (Å²) in [6.45, 7) is 7.39. The lowest BCUT2D eigenvalue weighted by Crippen LogP contribution is -2.31. The second-order valence-electron chi connectivity index (χ2n) is 8.89. The van der Waals surface area contributed by atoms with Gasteiger partial charge in [-0.15, -0.1) is 11.8 Å². The molecule has 1 saturated carbocycles. The number of rotatable bonds is 5. The highest BCUT2D eigenvalue weighted by Gasteiger charge is 2.30. The van der Waals surface area contributed by atoms with E-state index in [0.29, 0.717) is 10.3 Å². The minimum atomic E-state index is -1.00. The van der Waals surface area contributed by atoms with Crippen molar-refractivity contribution in [2.24, 2.45) is 0 Å². The zero-order valence-electron chi connectivity index (χ0n) is 18.1. The molecule has 0 bridgehead atoms. The lowest BCUT2D eigenvalue weighted by molar-refractivity contribution is 0.0240. The molecule has 30 heavy (non-hydrogen) atoms. The number of fused-ring (bicyclic) bond motifs is 1. The molecule has 1 aliphatic rings. The van der Waals surface area contributed by atoms with E-state index in [-0.39, 0.29) is 0 Å². The smallest absolute Gasteiger partial charge is 0.213 e. The van der Waals surface area contributed by atoms with Crippen LogP contribution in [-0.2, 0) is 5.60 Å². The molecule has 0 unspecified atom stereocenters. The number of methoxy groups -OCH3 is 1. The van der Waals surface area contributed by atoms with Crippen LogP contribution in [0.2, 0.25) is 0 Å². The molecule has 6 nitrogen and oxygen atoms in total. The molecule has 0 aliphatic heterocycles. The maximum Gasteiger partial charge on any atom is 0.213 e. The maximum atomic E-state index is 10.3. The molecule has 3 aromatic rings. The van der Waals surface area contributed by atoms with Gasteiger partial charge in [-0.25, -0.2) is 9.50 Å². The average Bonchev–Trinajstić information content (AvgIpc) is 3.20. The highest BCUT2D eigenvalue weighted by Crippen LogP contribution is 2.42. The molecule has 0 atom stereocenters. The van der Waals surface area contributed by atoms with Gasteiger partial charge in [-0.1, -0.05) is 11.3 Å². The van der Waals surface area contributed by atoms with E-state index in [0.717, 1.165) is 58.2 Å². The highest BCUT2D eigenvalue weighted by molar-refractivity contribution is 8.00. The van der Waals surface area contributed by atoms with Gasteiger partial charge in [0.1, 0.15) is 16.4 Å². The van der Waals surface area contributed by atoms with Crippen LogP contribution in [-0.4, -0.2) is 42.8 Å². The zero-order valence-corrected chi connectivity index (χ0v) is 19.7. The Kier molecular flexibility index (Phi) is 5.63. The normalized spacial score (nSPS) is 22.6. The molecule has 1 aromatic carbocycles. The third-order valence-corrected chi connectivity index (χ3v) is 8.24. The number of hydrogen-bond acceptors (Lipinski definition) is 7. The van der Waals surface area contributed by atoms with Crippen LogP contribution in [0, 0.1) is 6.92 Å². The number of ether oxygens (including phenoxy) is 1. The van der Waals surface area contributed by atoms with Gasteiger partial charge in [-0.05, 0) is 71.6 Å². The Hall–Kier alpha value is -1.61. The van der Waals surface area contributed by atoms with Crippen molar-refractivity contribution in [1.82, 2.24) is 14.6 Å². The molecule has 2 N–H and O–H groups in total. The van der Waals surface area contributed by atoms with Gasteiger partial charge in [-0.2, -0.15) is 5.10 Å². The number of aryl methyl sites for hydroxylation is 1. The number of aliphatic hydroxyl groups is 2. The van der Waals surface area contributed by atoms with Gasteiger partial charge >= 0.3 is 0 Å². The van der Waals surface area contributed by atoms with Gasteiger partial charge in [0.05, 0.1) is 29.0 Å². The van der Waals surface area contributed by atoms with Gasteiger partial charge in [0.15, 0.2) is 0 Å². The van der Waals surface area contributed by atoms with E-state index in [1.807, 2.05) is 42.3 Å². The third kappa shape index (κ3) is 4.23. The predicted molar refractivity (Wildman–Crippen MR) is 122 cm³/mol. The summed E-state index contributed by atoms with van der Waals surface area (Å²) in [5, 5.41) is 26.3.